The Morgan fingerprint density at radius 3 is 2.13 bits per heavy atom. The summed E-state index contributed by atoms with van der Waals surface area (Å²) in [5.41, 5.74) is 8.84. The minimum Gasteiger partial charge on any atom is -0.293 e. The van der Waals surface area contributed by atoms with Crippen LogP contribution in [0.25, 0.3) is 0 Å². The SMILES string of the molecule is C=C(C)Cc1cc(C(C(=O)c2cccc(Cl)c2C)c2cccc(Cl)c2C)c(C)cc1C. The second kappa shape index (κ2) is 9.42. The molecule has 0 saturated carbocycles. The normalized spacial score (nSPS) is 12.0. The fourth-order valence-electron chi connectivity index (χ4n) is 4.16. The van der Waals surface area contributed by atoms with E-state index in [0.29, 0.717) is 15.6 Å². The van der Waals surface area contributed by atoms with Crippen LogP contribution in [0.2, 0.25) is 10.0 Å². The van der Waals surface area contributed by atoms with Gasteiger partial charge in [0, 0.05) is 15.6 Å². The van der Waals surface area contributed by atoms with Crippen LogP contribution >= 0.6 is 23.2 Å². The number of aryl methyl sites for hydroxylation is 2. The van der Waals surface area contributed by atoms with Crippen LogP contribution in [0.4, 0.5) is 0 Å². The third kappa shape index (κ3) is 4.79. The molecule has 0 N–H and O–H groups in total. The zero-order chi connectivity index (χ0) is 22.9. The van der Waals surface area contributed by atoms with Gasteiger partial charge in [-0.2, -0.15) is 0 Å². The van der Waals surface area contributed by atoms with E-state index in [2.05, 4.69) is 32.6 Å². The Kier molecular flexibility index (Phi) is 7.09. The van der Waals surface area contributed by atoms with E-state index in [1.165, 1.54) is 11.1 Å². The number of ketones is 1. The Bertz CT molecular complexity index is 1170. The summed E-state index contributed by atoms with van der Waals surface area (Å²) in [6.45, 7) is 14.1. The van der Waals surface area contributed by atoms with Crippen molar-refractivity contribution >= 4 is 29.0 Å². The lowest BCUT2D eigenvalue weighted by Gasteiger charge is -2.24. The second-order valence-corrected chi connectivity index (χ2v) is 9.25. The Hall–Kier alpha value is -2.35. The third-order valence-corrected chi connectivity index (χ3v) is 6.76. The van der Waals surface area contributed by atoms with Crippen LogP contribution in [-0.2, 0) is 6.42 Å². The van der Waals surface area contributed by atoms with E-state index in [-0.39, 0.29) is 5.78 Å². The summed E-state index contributed by atoms with van der Waals surface area (Å²) in [5, 5.41) is 1.25. The van der Waals surface area contributed by atoms with Gasteiger partial charge in [0.15, 0.2) is 5.78 Å². The van der Waals surface area contributed by atoms with Crippen molar-refractivity contribution in [3.05, 3.63) is 115 Å². The molecule has 160 valence electrons. The van der Waals surface area contributed by atoms with Gasteiger partial charge in [-0.05, 0) is 92.1 Å². The molecule has 0 spiro atoms. The van der Waals surface area contributed by atoms with Crippen molar-refractivity contribution in [1.82, 2.24) is 0 Å². The molecule has 0 heterocycles. The maximum absolute atomic E-state index is 14.0. The predicted octanol–water partition coefficient (Wildman–Crippen LogP) is 8.36. The molecule has 3 aromatic carbocycles. The molecule has 3 heteroatoms. The standard InChI is InChI=1S/C28H28Cl2O/c1-16(2)13-21-15-24(18(4)14-17(21)3)27(22-9-7-11-25(29)19(22)5)28(31)23-10-8-12-26(30)20(23)6/h7-12,14-15,27H,1,13H2,2-6H3. The summed E-state index contributed by atoms with van der Waals surface area (Å²) in [4.78, 5) is 14.0. The van der Waals surface area contributed by atoms with Gasteiger partial charge in [-0.3, -0.25) is 4.79 Å². The maximum atomic E-state index is 14.0. The Morgan fingerprint density at radius 2 is 1.48 bits per heavy atom. The van der Waals surface area contributed by atoms with Crippen molar-refractivity contribution in [2.75, 3.05) is 0 Å². The summed E-state index contributed by atoms with van der Waals surface area (Å²) in [7, 11) is 0. The molecule has 3 rings (SSSR count). The van der Waals surface area contributed by atoms with Crippen molar-refractivity contribution in [3.8, 4) is 0 Å². The first kappa shape index (κ1) is 23.3. The maximum Gasteiger partial charge on any atom is 0.175 e. The predicted molar refractivity (Wildman–Crippen MR) is 133 cm³/mol. The molecule has 31 heavy (non-hydrogen) atoms. The smallest absolute Gasteiger partial charge is 0.175 e. The molecule has 1 atom stereocenters. The number of halogens is 2. The zero-order valence-corrected chi connectivity index (χ0v) is 20.3. The zero-order valence-electron chi connectivity index (χ0n) is 18.8. The van der Waals surface area contributed by atoms with E-state index in [1.54, 1.807) is 0 Å². The highest BCUT2D eigenvalue weighted by molar-refractivity contribution is 6.32. The number of rotatable bonds is 6. The molecule has 3 aromatic rings. The molecule has 0 radical (unpaired) electrons. The van der Waals surface area contributed by atoms with Crippen LogP contribution in [0.5, 0.6) is 0 Å². The van der Waals surface area contributed by atoms with Crippen LogP contribution in [0.1, 0.15) is 62.1 Å². The number of carbonyl (C=O) groups excluding carboxylic acids is 1. The Morgan fingerprint density at radius 1 is 0.871 bits per heavy atom. The number of hydrogen-bond acceptors (Lipinski definition) is 1. The van der Waals surface area contributed by atoms with Gasteiger partial charge in [0.25, 0.3) is 0 Å². The van der Waals surface area contributed by atoms with Gasteiger partial charge in [-0.1, -0.05) is 71.8 Å². The summed E-state index contributed by atoms with van der Waals surface area (Å²) in [6, 6.07) is 15.6. The van der Waals surface area contributed by atoms with Crippen LogP contribution in [0, 0.1) is 27.7 Å². The van der Waals surface area contributed by atoms with E-state index >= 15 is 0 Å². The van der Waals surface area contributed by atoms with Crippen molar-refractivity contribution in [2.24, 2.45) is 0 Å². The van der Waals surface area contributed by atoms with Gasteiger partial charge in [-0.15, -0.1) is 0 Å². The largest absolute Gasteiger partial charge is 0.293 e. The van der Waals surface area contributed by atoms with Gasteiger partial charge in [-0.25, -0.2) is 0 Å². The topological polar surface area (TPSA) is 17.1 Å². The fraction of sp³-hybridized carbons (Fsp3) is 0.250. The number of carbonyl (C=O) groups is 1. The third-order valence-electron chi connectivity index (χ3n) is 5.94. The first-order valence-electron chi connectivity index (χ1n) is 10.4. The van der Waals surface area contributed by atoms with Gasteiger partial charge in [0.1, 0.15) is 0 Å². The molecule has 0 fully saturated rings. The van der Waals surface area contributed by atoms with Crippen molar-refractivity contribution in [3.63, 3.8) is 0 Å². The molecule has 1 unspecified atom stereocenters. The molecule has 0 aliphatic carbocycles. The van der Waals surface area contributed by atoms with Crippen LogP contribution in [-0.4, -0.2) is 5.78 Å². The van der Waals surface area contributed by atoms with Crippen molar-refractivity contribution in [1.29, 1.82) is 0 Å². The van der Waals surface area contributed by atoms with E-state index in [1.807, 2.05) is 57.2 Å². The summed E-state index contributed by atoms with van der Waals surface area (Å²) >= 11 is 12.8. The summed E-state index contributed by atoms with van der Waals surface area (Å²) in [5.74, 6) is -0.445. The molecular formula is C28H28Cl2O. The van der Waals surface area contributed by atoms with E-state index < -0.39 is 5.92 Å². The lowest BCUT2D eigenvalue weighted by Crippen LogP contribution is -2.18. The van der Waals surface area contributed by atoms with Crippen LogP contribution in [0.15, 0.2) is 60.7 Å². The van der Waals surface area contributed by atoms with Gasteiger partial charge in [0.05, 0.1) is 5.92 Å². The highest BCUT2D eigenvalue weighted by atomic mass is 35.5. The number of hydrogen-bond donors (Lipinski definition) is 0. The molecule has 0 saturated heterocycles. The first-order chi connectivity index (χ1) is 14.6. The second-order valence-electron chi connectivity index (χ2n) is 8.43. The van der Waals surface area contributed by atoms with E-state index in [9.17, 15) is 4.79 Å². The first-order valence-corrected chi connectivity index (χ1v) is 11.2. The molecule has 0 aromatic heterocycles. The lowest BCUT2D eigenvalue weighted by atomic mass is 9.79. The van der Waals surface area contributed by atoms with Crippen molar-refractivity contribution < 1.29 is 4.79 Å². The lowest BCUT2D eigenvalue weighted by molar-refractivity contribution is 0.0972. The van der Waals surface area contributed by atoms with Gasteiger partial charge in [0.2, 0.25) is 0 Å². The molecule has 1 nitrogen and oxygen atoms in total. The fourth-order valence-corrected chi connectivity index (χ4v) is 4.52. The van der Waals surface area contributed by atoms with Gasteiger partial charge < -0.3 is 0 Å². The van der Waals surface area contributed by atoms with Crippen LogP contribution < -0.4 is 0 Å². The average molecular weight is 451 g/mol. The monoisotopic (exact) mass is 450 g/mol. The molecule has 0 aliphatic rings. The van der Waals surface area contributed by atoms with E-state index in [0.717, 1.165) is 39.8 Å². The molecule has 0 amide bonds. The van der Waals surface area contributed by atoms with Crippen LogP contribution in [0.3, 0.4) is 0 Å². The van der Waals surface area contributed by atoms with E-state index in [4.69, 9.17) is 23.2 Å². The Balaban J connectivity index is 2.30. The highest BCUT2D eigenvalue weighted by Gasteiger charge is 2.29. The minimum absolute atomic E-state index is 0.0265. The quantitative estimate of drug-likeness (QED) is 0.272. The molecule has 0 bridgehead atoms. The summed E-state index contributed by atoms with van der Waals surface area (Å²) < 4.78 is 0. The van der Waals surface area contributed by atoms with Crippen molar-refractivity contribution in [2.45, 2.75) is 47.0 Å². The Labute approximate surface area is 195 Å². The number of benzene rings is 3. The summed E-state index contributed by atoms with van der Waals surface area (Å²) in [6.07, 6.45) is 0.782. The highest BCUT2D eigenvalue weighted by Crippen LogP contribution is 2.37. The number of allylic oxidation sites excluding steroid dienone is 1. The van der Waals surface area contributed by atoms with Gasteiger partial charge >= 0.3 is 0 Å². The molecule has 0 aliphatic heterocycles. The average Bonchev–Trinajstić information content (AvgIpc) is 2.70. The molecular weight excluding hydrogens is 423 g/mol. The number of Topliss-reactive ketones (excluding diaryl/α,β-unsaturated/α-hetero) is 1. The minimum atomic E-state index is -0.472.